The second-order valence-corrected chi connectivity index (χ2v) is 6.26. The van der Waals surface area contributed by atoms with Crippen molar-refractivity contribution in [2.24, 2.45) is 0 Å². The number of nitrogens with one attached hydrogen (secondary N) is 2. The van der Waals surface area contributed by atoms with Gasteiger partial charge in [0, 0.05) is 23.4 Å². The Balaban J connectivity index is 1.55. The van der Waals surface area contributed by atoms with E-state index in [-0.39, 0.29) is 12.1 Å². The number of thiazole rings is 1. The molecule has 0 spiro atoms. The minimum absolute atomic E-state index is 0.0778. The summed E-state index contributed by atoms with van der Waals surface area (Å²) in [4.78, 5) is 15.9. The van der Waals surface area contributed by atoms with Gasteiger partial charge in [0.2, 0.25) is 0 Å². The summed E-state index contributed by atoms with van der Waals surface area (Å²) in [6, 6.07) is 8.31. The zero-order valence-electron chi connectivity index (χ0n) is 10.9. The molecular weight excluding hydrogens is 270 g/mol. The van der Waals surface area contributed by atoms with Gasteiger partial charge in [-0.3, -0.25) is 0 Å². The Kier molecular flexibility index (Phi) is 2.73. The molecular formula is C15H15N3OS. The van der Waals surface area contributed by atoms with Crippen molar-refractivity contribution in [1.29, 1.82) is 0 Å². The second-order valence-electron chi connectivity index (χ2n) is 5.37. The number of rotatable bonds is 3. The van der Waals surface area contributed by atoms with E-state index in [9.17, 15) is 4.79 Å². The van der Waals surface area contributed by atoms with Crippen LogP contribution in [0.25, 0.3) is 11.3 Å². The van der Waals surface area contributed by atoms with Crippen LogP contribution in [-0.2, 0) is 0 Å². The van der Waals surface area contributed by atoms with E-state index in [4.69, 9.17) is 4.98 Å². The van der Waals surface area contributed by atoms with Gasteiger partial charge < -0.3 is 10.6 Å². The van der Waals surface area contributed by atoms with Crippen LogP contribution < -0.4 is 10.6 Å². The molecule has 1 aliphatic carbocycles. The number of carbonyl (C=O) groups excluding carboxylic acids is 1. The molecule has 2 fully saturated rings. The quantitative estimate of drug-likeness (QED) is 0.910. The standard InChI is InChI=1S/C15H15N3OS/c19-15-16-7-12(18-15)9-1-3-10(4-2-9)13-8-20-14(17-13)11-5-6-11/h1-4,8,11-12H,5-7H2,(H2,16,18,19). The third-order valence-electron chi connectivity index (χ3n) is 3.83. The minimum Gasteiger partial charge on any atom is -0.336 e. The molecule has 2 amide bonds. The van der Waals surface area contributed by atoms with E-state index in [2.05, 4.69) is 40.3 Å². The summed E-state index contributed by atoms with van der Waals surface area (Å²) in [7, 11) is 0. The van der Waals surface area contributed by atoms with Gasteiger partial charge in [-0.1, -0.05) is 24.3 Å². The number of amides is 2. The van der Waals surface area contributed by atoms with Crippen molar-refractivity contribution in [1.82, 2.24) is 15.6 Å². The monoisotopic (exact) mass is 285 g/mol. The van der Waals surface area contributed by atoms with E-state index in [1.54, 1.807) is 11.3 Å². The molecule has 4 rings (SSSR count). The molecule has 1 aliphatic heterocycles. The second kappa shape index (κ2) is 4.59. The SMILES string of the molecule is O=C1NCC(c2ccc(-c3csc(C4CC4)n3)cc2)N1. The van der Waals surface area contributed by atoms with Gasteiger partial charge in [0.15, 0.2) is 0 Å². The van der Waals surface area contributed by atoms with E-state index in [1.807, 2.05) is 0 Å². The fraction of sp³-hybridized carbons (Fsp3) is 0.333. The van der Waals surface area contributed by atoms with Gasteiger partial charge >= 0.3 is 6.03 Å². The van der Waals surface area contributed by atoms with Crippen LogP contribution in [0.15, 0.2) is 29.6 Å². The maximum atomic E-state index is 11.2. The Bertz CT molecular complexity index is 645. The minimum atomic E-state index is -0.0901. The molecule has 1 aromatic heterocycles. The van der Waals surface area contributed by atoms with Gasteiger partial charge in [0.05, 0.1) is 16.7 Å². The molecule has 102 valence electrons. The van der Waals surface area contributed by atoms with Crippen LogP contribution in [0.5, 0.6) is 0 Å². The molecule has 1 atom stereocenters. The van der Waals surface area contributed by atoms with Crippen molar-refractivity contribution in [2.45, 2.75) is 24.8 Å². The fourth-order valence-electron chi connectivity index (χ4n) is 2.48. The van der Waals surface area contributed by atoms with E-state index >= 15 is 0 Å². The normalized spacial score (nSPS) is 21.6. The van der Waals surface area contributed by atoms with Gasteiger partial charge in [-0.15, -0.1) is 11.3 Å². The number of carbonyl (C=O) groups is 1. The van der Waals surface area contributed by atoms with Crippen molar-refractivity contribution in [3.8, 4) is 11.3 Å². The number of benzene rings is 1. The first-order valence-electron chi connectivity index (χ1n) is 6.90. The molecule has 1 saturated carbocycles. The number of aromatic nitrogens is 1. The summed E-state index contributed by atoms with van der Waals surface area (Å²) >= 11 is 1.77. The molecule has 1 unspecified atom stereocenters. The lowest BCUT2D eigenvalue weighted by molar-refractivity contribution is 0.247. The zero-order chi connectivity index (χ0) is 13.5. The first-order chi connectivity index (χ1) is 9.79. The van der Waals surface area contributed by atoms with Crippen LogP contribution in [-0.4, -0.2) is 17.6 Å². The van der Waals surface area contributed by atoms with Crippen LogP contribution >= 0.6 is 11.3 Å². The van der Waals surface area contributed by atoms with E-state index < -0.39 is 0 Å². The van der Waals surface area contributed by atoms with Gasteiger partial charge in [-0.2, -0.15) is 0 Å². The van der Waals surface area contributed by atoms with E-state index in [0.29, 0.717) is 12.5 Å². The Labute approximate surface area is 121 Å². The van der Waals surface area contributed by atoms with E-state index in [0.717, 1.165) is 16.8 Å². The summed E-state index contributed by atoms with van der Waals surface area (Å²) in [5.74, 6) is 0.716. The maximum Gasteiger partial charge on any atom is 0.315 e. The smallest absolute Gasteiger partial charge is 0.315 e. The molecule has 5 heteroatoms. The van der Waals surface area contributed by atoms with Crippen molar-refractivity contribution < 1.29 is 4.79 Å². The summed E-state index contributed by atoms with van der Waals surface area (Å²) in [6.07, 6.45) is 2.58. The molecule has 2 N–H and O–H groups in total. The van der Waals surface area contributed by atoms with Crippen LogP contribution in [0.4, 0.5) is 4.79 Å². The first-order valence-corrected chi connectivity index (χ1v) is 7.78. The number of urea groups is 1. The van der Waals surface area contributed by atoms with Gasteiger partial charge in [-0.25, -0.2) is 9.78 Å². The van der Waals surface area contributed by atoms with E-state index in [1.165, 1.54) is 17.8 Å². The Morgan fingerprint density at radius 1 is 1.20 bits per heavy atom. The lowest BCUT2D eigenvalue weighted by atomic mass is 10.0. The molecule has 20 heavy (non-hydrogen) atoms. The van der Waals surface area contributed by atoms with Crippen molar-refractivity contribution in [3.63, 3.8) is 0 Å². The lowest BCUT2D eigenvalue weighted by Crippen LogP contribution is -2.21. The topological polar surface area (TPSA) is 54.0 Å². The first kappa shape index (κ1) is 11.9. The predicted molar refractivity (Wildman–Crippen MR) is 78.8 cm³/mol. The molecule has 4 nitrogen and oxygen atoms in total. The Hall–Kier alpha value is -1.88. The Morgan fingerprint density at radius 3 is 2.65 bits per heavy atom. The van der Waals surface area contributed by atoms with Gasteiger partial charge in [-0.05, 0) is 18.4 Å². The summed E-state index contributed by atoms with van der Waals surface area (Å²) in [6.45, 7) is 0.653. The van der Waals surface area contributed by atoms with Crippen LogP contribution in [0.1, 0.15) is 35.4 Å². The zero-order valence-corrected chi connectivity index (χ0v) is 11.7. The molecule has 2 heterocycles. The van der Waals surface area contributed by atoms with Crippen LogP contribution in [0.2, 0.25) is 0 Å². The third-order valence-corrected chi connectivity index (χ3v) is 4.84. The number of hydrogen-bond donors (Lipinski definition) is 2. The van der Waals surface area contributed by atoms with Gasteiger partial charge in [0.25, 0.3) is 0 Å². The number of nitrogens with zero attached hydrogens (tertiary/aromatic N) is 1. The summed E-state index contributed by atoms with van der Waals surface area (Å²) in [5.41, 5.74) is 3.34. The third kappa shape index (κ3) is 2.18. The molecule has 2 aliphatic rings. The predicted octanol–water partition coefficient (Wildman–Crippen LogP) is 3.04. The highest BCUT2D eigenvalue weighted by Crippen LogP contribution is 2.42. The van der Waals surface area contributed by atoms with Crippen LogP contribution in [0.3, 0.4) is 0 Å². The molecule has 1 aromatic carbocycles. The summed E-state index contributed by atoms with van der Waals surface area (Å²) in [5, 5.41) is 9.08. The lowest BCUT2D eigenvalue weighted by Gasteiger charge is -2.09. The van der Waals surface area contributed by atoms with Crippen molar-refractivity contribution in [3.05, 3.63) is 40.2 Å². The fourth-order valence-corrected chi connectivity index (χ4v) is 3.48. The number of hydrogen-bond acceptors (Lipinski definition) is 3. The highest BCUT2D eigenvalue weighted by molar-refractivity contribution is 7.10. The molecule has 2 aromatic rings. The van der Waals surface area contributed by atoms with Gasteiger partial charge in [0.1, 0.15) is 0 Å². The molecule has 1 saturated heterocycles. The average Bonchev–Trinajstić information content (AvgIpc) is 3.04. The molecule has 0 radical (unpaired) electrons. The average molecular weight is 285 g/mol. The molecule has 0 bridgehead atoms. The maximum absolute atomic E-state index is 11.2. The largest absolute Gasteiger partial charge is 0.336 e. The summed E-state index contributed by atoms with van der Waals surface area (Å²) < 4.78 is 0. The highest BCUT2D eigenvalue weighted by Gasteiger charge is 2.27. The highest BCUT2D eigenvalue weighted by atomic mass is 32.1. The van der Waals surface area contributed by atoms with Crippen LogP contribution in [0, 0.1) is 0 Å². The van der Waals surface area contributed by atoms with Crippen molar-refractivity contribution in [2.75, 3.05) is 6.54 Å². The van der Waals surface area contributed by atoms with Crippen molar-refractivity contribution >= 4 is 17.4 Å². The Morgan fingerprint density at radius 2 is 2.00 bits per heavy atom.